The van der Waals surface area contributed by atoms with Crippen LogP contribution in [0.2, 0.25) is 0 Å². The summed E-state index contributed by atoms with van der Waals surface area (Å²) in [5.41, 5.74) is 0.911. The molecule has 0 aromatic heterocycles. The van der Waals surface area contributed by atoms with E-state index in [9.17, 15) is 5.11 Å². The molecular weight excluding hydrogens is 437 g/mol. The number of nitrogens with one attached hydrogen (secondary N) is 2. The Kier molecular flexibility index (Phi) is 14.3. The van der Waals surface area contributed by atoms with Crippen LogP contribution < -0.4 is 15.4 Å². The van der Waals surface area contributed by atoms with Gasteiger partial charge >= 0.3 is 0 Å². The lowest BCUT2D eigenvalue weighted by molar-refractivity contribution is 0.0698. The van der Waals surface area contributed by atoms with E-state index in [0.29, 0.717) is 32.1 Å². The highest BCUT2D eigenvalue weighted by Gasteiger charge is 2.03. The number of ether oxygens (including phenoxy) is 3. The van der Waals surface area contributed by atoms with Crippen molar-refractivity contribution in [1.82, 2.24) is 10.6 Å². The molecule has 25 heavy (non-hydrogen) atoms. The van der Waals surface area contributed by atoms with E-state index in [1.54, 1.807) is 19.2 Å². The van der Waals surface area contributed by atoms with Crippen LogP contribution in [0, 0.1) is 0 Å². The highest BCUT2D eigenvalue weighted by Crippen LogP contribution is 2.26. The van der Waals surface area contributed by atoms with Crippen molar-refractivity contribution in [3.8, 4) is 11.5 Å². The lowest BCUT2D eigenvalue weighted by Gasteiger charge is -2.11. The Morgan fingerprint density at radius 2 is 1.96 bits per heavy atom. The maximum absolute atomic E-state index is 9.79. The molecule has 0 amide bonds. The normalized spacial score (nSPS) is 10.9. The summed E-state index contributed by atoms with van der Waals surface area (Å²) in [6.45, 7) is 5.96. The SMILES string of the molecule is CCNC(=NCc1ccc(OC)c(O)c1)NCCCOCCOC.I. The second kappa shape index (κ2) is 15.0. The molecule has 0 atom stereocenters. The summed E-state index contributed by atoms with van der Waals surface area (Å²) >= 11 is 0. The number of rotatable bonds is 11. The van der Waals surface area contributed by atoms with Gasteiger partial charge in [-0.15, -0.1) is 24.0 Å². The minimum Gasteiger partial charge on any atom is -0.504 e. The maximum atomic E-state index is 9.79. The van der Waals surface area contributed by atoms with Crippen molar-refractivity contribution in [3.63, 3.8) is 0 Å². The van der Waals surface area contributed by atoms with Crippen LogP contribution in [-0.2, 0) is 16.0 Å². The molecule has 0 aliphatic heterocycles. The minimum atomic E-state index is 0. The van der Waals surface area contributed by atoms with Crippen LogP contribution in [0.15, 0.2) is 23.2 Å². The predicted octanol–water partition coefficient (Wildman–Crippen LogP) is 2.13. The molecule has 0 saturated heterocycles. The minimum absolute atomic E-state index is 0. The molecule has 0 fully saturated rings. The second-order valence-corrected chi connectivity index (χ2v) is 5.09. The standard InChI is InChI=1S/C17H29N3O4.HI/c1-4-18-17(19-8-5-9-24-11-10-22-2)20-13-14-6-7-16(23-3)15(21)12-14;/h6-7,12,21H,4-5,8-11,13H2,1-3H3,(H2,18,19,20);1H. The third-order valence-electron chi connectivity index (χ3n) is 3.20. The Balaban J connectivity index is 0.00000576. The van der Waals surface area contributed by atoms with Gasteiger partial charge < -0.3 is 30.0 Å². The predicted molar refractivity (Wildman–Crippen MR) is 110 cm³/mol. The summed E-state index contributed by atoms with van der Waals surface area (Å²) in [6, 6.07) is 5.28. The third kappa shape index (κ3) is 10.4. The Labute approximate surface area is 167 Å². The topological polar surface area (TPSA) is 84.3 Å². The molecule has 144 valence electrons. The zero-order valence-corrected chi connectivity index (χ0v) is 17.5. The number of nitrogens with zero attached hydrogens (tertiary/aromatic N) is 1. The van der Waals surface area contributed by atoms with Crippen LogP contribution in [0.3, 0.4) is 0 Å². The highest BCUT2D eigenvalue weighted by atomic mass is 127. The summed E-state index contributed by atoms with van der Waals surface area (Å²) in [7, 11) is 3.19. The van der Waals surface area contributed by atoms with E-state index < -0.39 is 0 Å². The monoisotopic (exact) mass is 467 g/mol. The van der Waals surface area contributed by atoms with Gasteiger partial charge in [-0.1, -0.05) is 6.07 Å². The van der Waals surface area contributed by atoms with Crippen LogP contribution in [-0.4, -0.2) is 58.2 Å². The molecule has 0 bridgehead atoms. The van der Waals surface area contributed by atoms with Crippen molar-refractivity contribution in [1.29, 1.82) is 0 Å². The highest BCUT2D eigenvalue weighted by molar-refractivity contribution is 14.0. The fourth-order valence-corrected chi connectivity index (χ4v) is 1.97. The van der Waals surface area contributed by atoms with Crippen molar-refractivity contribution in [2.75, 3.05) is 47.1 Å². The number of aliphatic imine (C=N–C) groups is 1. The molecule has 8 heteroatoms. The van der Waals surface area contributed by atoms with E-state index in [4.69, 9.17) is 14.2 Å². The third-order valence-corrected chi connectivity index (χ3v) is 3.20. The molecule has 1 aromatic carbocycles. The first-order chi connectivity index (χ1) is 11.7. The van der Waals surface area contributed by atoms with E-state index in [1.807, 2.05) is 13.0 Å². The van der Waals surface area contributed by atoms with E-state index in [1.165, 1.54) is 7.11 Å². The number of hydrogen-bond acceptors (Lipinski definition) is 5. The van der Waals surface area contributed by atoms with E-state index in [0.717, 1.165) is 31.0 Å². The van der Waals surface area contributed by atoms with Gasteiger partial charge in [0.1, 0.15) is 0 Å². The number of phenols is 1. The van der Waals surface area contributed by atoms with Gasteiger partial charge in [0.25, 0.3) is 0 Å². The number of phenolic OH excluding ortho intramolecular Hbond substituents is 1. The molecule has 0 aliphatic carbocycles. The molecule has 3 N–H and O–H groups in total. The molecule has 0 unspecified atom stereocenters. The van der Waals surface area contributed by atoms with Gasteiger partial charge in [0.15, 0.2) is 17.5 Å². The van der Waals surface area contributed by atoms with E-state index in [2.05, 4.69) is 15.6 Å². The molecule has 1 aromatic rings. The Morgan fingerprint density at radius 1 is 1.16 bits per heavy atom. The smallest absolute Gasteiger partial charge is 0.191 e. The fraction of sp³-hybridized carbons (Fsp3) is 0.588. The quantitative estimate of drug-likeness (QED) is 0.200. The lowest BCUT2D eigenvalue weighted by atomic mass is 10.2. The number of guanidine groups is 1. The molecule has 0 spiro atoms. The number of benzene rings is 1. The summed E-state index contributed by atoms with van der Waals surface area (Å²) in [5.74, 6) is 1.32. The van der Waals surface area contributed by atoms with Crippen LogP contribution in [0.25, 0.3) is 0 Å². The summed E-state index contributed by atoms with van der Waals surface area (Å²) in [5, 5.41) is 16.2. The van der Waals surface area contributed by atoms with E-state index >= 15 is 0 Å². The Morgan fingerprint density at radius 3 is 2.60 bits per heavy atom. The summed E-state index contributed by atoms with van der Waals surface area (Å²) in [4.78, 5) is 4.51. The van der Waals surface area contributed by atoms with E-state index in [-0.39, 0.29) is 29.7 Å². The maximum Gasteiger partial charge on any atom is 0.191 e. The molecule has 1 rings (SSSR count). The number of methoxy groups -OCH3 is 2. The molecule has 0 aliphatic rings. The second-order valence-electron chi connectivity index (χ2n) is 5.09. The van der Waals surface area contributed by atoms with Crippen molar-refractivity contribution in [3.05, 3.63) is 23.8 Å². The van der Waals surface area contributed by atoms with Gasteiger partial charge in [-0.25, -0.2) is 4.99 Å². The van der Waals surface area contributed by atoms with Gasteiger partial charge in [0.2, 0.25) is 0 Å². The lowest BCUT2D eigenvalue weighted by Crippen LogP contribution is -2.38. The van der Waals surface area contributed by atoms with Crippen molar-refractivity contribution in [2.45, 2.75) is 19.9 Å². The molecule has 0 saturated carbocycles. The summed E-state index contributed by atoms with van der Waals surface area (Å²) in [6.07, 6.45) is 0.886. The first kappa shape index (κ1) is 23.7. The average molecular weight is 467 g/mol. The number of aromatic hydroxyl groups is 1. The molecular formula is C17H30IN3O4. The van der Waals surface area contributed by atoms with Gasteiger partial charge in [-0.2, -0.15) is 0 Å². The Bertz CT molecular complexity index is 501. The zero-order valence-electron chi connectivity index (χ0n) is 15.2. The molecule has 0 heterocycles. The van der Waals surface area contributed by atoms with Crippen molar-refractivity contribution < 1.29 is 19.3 Å². The fourth-order valence-electron chi connectivity index (χ4n) is 1.97. The van der Waals surface area contributed by atoms with Crippen molar-refractivity contribution in [2.24, 2.45) is 4.99 Å². The number of halogens is 1. The Hall–Kier alpha value is -1.26. The van der Waals surface area contributed by atoms with Gasteiger partial charge in [-0.3, -0.25) is 0 Å². The van der Waals surface area contributed by atoms with Gasteiger partial charge in [0.05, 0.1) is 26.9 Å². The first-order valence-electron chi connectivity index (χ1n) is 8.16. The van der Waals surface area contributed by atoms with Crippen LogP contribution in [0.1, 0.15) is 18.9 Å². The average Bonchev–Trinajstić information content (AvgIpc) is 2.59. The number of hydrogen-bond donors (Lipinski definition) is 3. The van der Waals surface area contributed by atoms with Crippen LogP contribution in [0.4, 0.5) is 0 Å². The van der Waals surface area contributed by atoms with Gasteiger partial charge in [-0.05, 0) is 31.0 Å². The zero-order chi connectivity index (χ0) is 17.6. The molecule has 7 nitrogen and oxygen atoms in total. The molecule has 0 radical (unpaired) electrons. The van der Waals surface area contributed by atoms with Gasteiger partial charge in [0, 0.05) is 26.8 Å². The summed E-state index contributed by atoms with van der Waals surface area (Å²) < 4.78 is 15.4. The van der Waals surface area contributed by atoms with Crippen LogP contribution in [0.5, 0.6) is 11.5 Å². The van der Waals surface area contributed by atoms with Crippen molar-refractivity contribution >= 4 is 29.9 Å². The van der Waals surface area contributed by atoms with Crippen LogP contribution >= 0.6 is 24.0 Å². The first-order valence-corrected chi connectivity index (χ1v) is 8.16. The largest absolute Gasteiger partial charge is 0.504 e.